The van der Waals surface area contributed by atoms with Gasteiger partial charge in [-0.3, -0.25) is 4.79 Å². The first-order valence-corrected chi connectivity index (χ1v) is 10.3. The molecule has 6 nitrogen and oxygen atoms in total. The monoisotopic (exact) mass is 368 g/mol. The van der Waals surface area contributed by atoms with Gasteiger partial charge in [0.1, 0.15) is 10.6 Å². The van der Waals surface area contributed by atoms with Crippen molar-refractivity contribution in [1.82, 2.24) is 9.21 Å². The van der Waals surface area contributed by atoms with Crippen LogP contribution in [0.1, 0.15) is 38.7 Å². The van der Waals surface area contributed by atoms with E-state index < -0.39 is 10.0 Å². The second-order valence-corrected chi connectivity index (χ2v) is 8.13. The zero-order chi connectivity index (χ0) is 18.4. The number of amides is 1. The minimum atomic E-state index is -3.63. The molecule has 0 aromatic heterocycles. The topological polar surface area (TPSA) is 66.9 Å². The molecule has 0 N–H and O–H groups in total. The number of carbonyl (C=O) groups is 1. The lowest BCUT2D eigenvalue weighted by molar-refractivity contribution is -0.132. The van der Waals surface area contributed by atoms with E-state index in [4.69, 9.17) is 4.74 Å². The third-order valence-corrected chi connectivity index (χ3v) is 6.51. The first-order chi connectivity index (χ1) is 11.9. The van der Waals surface area contributed by atoms with E-state index in [-0.39, 0.29) is 10.8 Å². The van der Waals surface area contributed by atoms with Gasteiger partial charge in [0.25, 0.3) is 0 Å². The predicted molar refractivity (Wildman–Crippen MR) is 97.2 cm³/mol. The molecule has 1 saturated heterocycles. The maximum absolute atomic E-state index is 13.0. The molecule has 0 unspecified atom stereocenters. The Balaban J connectivity index is 2.13. The number of carbonyl (C=O) groups excluding carboxylic acids is 1. The van der Waals surface area contributed by atoms with Crippen LogP contribution in [-0.2, 0) is 21.2 Å². The number of benzene rings is 1. The van der Waals surface area contributed by atoms with Crippen LogP contribution in [0, 0.1) is 0 Å². The molecule has 0 spiro atoms. The van der Waals surface area contributed by atoms with Crippen molar-refractivity contribution in [2.45, 2.75) is 44.4 Å². The summed E-state index contributed by atoms with van der Waals surface area (Å²) < 4.78 is 32.8. The summed E-state index contributed by atoms with van der Waals surface area (Å²) >= 11 is 0. The van der Waals surface area contributed by atoms with Crippen LogP contribution in [-0.4, -0.2) is 56.8 Å². The fourth-order valence-corrected chi connectivity index (χ4v) is 4.57. The number of unbranched alkanes of at least 4 members (excludes halogenated alkanes) is 1. The molecule has 1 fully saturated rings. The normalized spacial score (nSPS) is 16.0. The second-order valence-electron chi connectivity index (χ2n) is 6.23. The molecule has 0 aliphatic carbocycles. The number of ether oxygens (including phenoxy) is 1. The van der Waals surface area contributed by atoms with Gasteiger partial charge in [0.2, 0.25) is 15.9 Å². The summed E-state index contributed by atoms with van der Waals surface area (Å²) in [6, 6.07) is 5.27. The third kappa shape index (κ3) is 4.52. The van der Waals surface area contributed by atoms with Crippen molar-refractivity contribution in [1.29, 1.82) is 0 Å². The van der Waals surface area contributed by atoms with Gasteiger partial charge in [-0.2, -0.15) is 4.31 Å². The molecule has 1 heterocycles. The van der Waals surface area contributed by atoms with Crippen molar-refractivity contribution in [2.24, 2.45) is 0 Å². The molecule has 0 atom stereocenters. The van der Waals surface area contributed by atoms with Crippen molar-refractivity contribution in [3.05, 3.63) is 23.8 Å². The number of sulfonamides is 1. The SMILES string of the molecule is CCCCC(=O)N1CCN(S(=O)(=O)c2cc(CC)ccc2OC)CC1. The van der Waals surface area contributed by atoms with Crippen molar-refractivity contribution in [3.63, 3.8) is 0 Å². The van der Waals surface area contributed by atoms with Crippen molar-refractivity contribution in [2.75, 3.05) is 33.3 Å². The quantitative estimate of drug-likeness (QED) is 0.740. The average molecular weight is 368 g/mol. The van der Waals surface area contributed by atoms with Crippen LogP contribution in [0.15, 0.2) is 23.1 Å². The largest absolute Gasteiger partial charge is 0.495 e. The molecule has 1 amide bonds. The Morgan fingerprint density at radius 1 is 1.16 bits per heavy atom. The second kappa shape index (κ2) is 8.67. The summed E-state index contributed by atoms with van der Waals surface area (Å²) in [6.07, 6.45) is 3.15. The smallest absolute Gasteiger partial charge is 0.246 e. The van der Waals surface area contributed by atoms with Crippen LogP contribution in [0.25, 0.3) is 0 Å². The van der Waals surface area contributed by atoms with Gasteiger partial charge in [0, 0.05) is 32.6 Å². The van der Waals surface area contributed by atoms with Crippen molar-refractivity contribution >= 4 is 15.9 Å². The van der Waals surface area contributed by atoms with E-state index in [2.05, 4.69) is 6.92 Å². The molecule has 0 bridgehead atoms. The van der Waals surface area contributed by atoms with E-state index in [1.54, 1.807) is 17.0 Å². The Morgan fingerprint density at radius 3 is 2.40 bits per heavy atom. The number of methoxy groups -OCH3 is 1. The zero-order valence-electron chi connectivity index (χ0n) is 15.3. The zero-order valence-corrected chi connectivity index (χ0v) is 16.1. The van der Waals surface area contributed by atoms with Gasteiger partial charge >= 0.3 is 0 Å². The Labute approximate surface area is 150 Å². The number of hydrogen-bond acceptors (Lipinski definition) is 4. The summed E-state index contributed by atoms with van der Waals surface area (Å²) in [5, 5.41) is 0. The van der Waals surface area contributed by atoms with E-state index in [1.165, 1.54) is 11.4 Å². The summed E-state index contributed by atoms with van der Waals surface area (Å²) in [6.45, 7) is 5.56. The molecule has 1 aromatic carbocycles. The fraction of sp³-hybridized carbons (Fsp3) is 0.611. The maximum Gasteiger partial charge on any atom is 0.246 e. The molecule has 7 heteroatoms. The van der Waals surface area contributed by atoms with Gasteiger partial charge in [0.05, 0.1) is 7.11 Å². The number of hydrogen-bond donors (Lipinski definition) is 0. The van der Waals surface area contributed by atoms with Crippen LogP contribution in [0.3, 0.4) is 0 Å². The van der Waals surface area contributed by atoms with Crippen LogP contribution in [0.2, 0.25) is 0 Å². The lowest BCUT2D eigenvalue weighted by atomic mass is 10.2. The van der Waals surface area contributed by atoms with Crippen LogP contribution in [0.4, 0.5) is 0 Å². The van der Waals surface area contributed by atoms with Crippen molar-refractivity contribution in [3.8, 4) is 5.75 Å². The standard InChI is InChI=1S/C18H28N2O4S/c1-4-6-7-18(21)19-10-12-20(13-11-19)25(22,23)17-14-15(5-2)8-9-16(17)24-3/h8-9,14H,4-7,10-13H2,1-3H3. The molecular weight excluding hydrogens is 340 g/mol. The summed E-state index contributed by atoms with van der Waals surface area (Å²) in [5.74, 6) is 0.475. The summed E-state index contributed by atoms with van der Waals surface area (Å²) in [4.78, 5) is 14.1. The first kappa shape index (κ1) is 19.7. The summed E-state index contributed by atoms with van der Waals surface area (Å²) in [7, 11) is -2.16. The molecule has 140 valence electrons. The number of rotatable bonds is 7. The third-order valence-electron chi connectivity index (χ3n) is 4.59. The molecule has 0 radical (unpaired) electrons. The maximum atomic E-state index is 13.0. The lowest BCUT2D eigenvalue weighted by Crippen LogP contribution is -2.50. The highest BCUT2D eigenvalue weighted by Crippen LogP contribution is 2.28. The van der Waals surface area contributed by atoms with Crippen LogP contribution < -0.4 is 4.74 Å². The van der Waals surface area contributed by atoms with Gasteiger partial charge in [-0.25, -0.2) is 8.42 Å². The highest BCUT2D eigenvalue weighted by molar-refractivity contribution is 7.89. The highest BCUT2D eigenvalue weighted by Gasteiger charge is 2.32. The van der Waals surface area contributed by atoms with E-state index in [0.717, 1.165) is 24.8 Å². The minimum Gasteiger partial charge on any atom is -0.495 e. The minimum absolute atomic E-state index is 0.115. The molecule has 1 aromatic rings. The average Bonchev–Trinajstić information content (AvgIpc) is 2.65. The van der Waals surface area contributed by atoms with Gasteiger partial charge in [-0.05, 0) is 30.5 Å². The lowest BCUT2D eigenvalue weighted by Gasteiger charge is -2.34. The molecule has 1 aliphatic rings. The Morgan fingerprint density at radius 2 is 1.84 bits per heavy atom. The van der Waals surface area contributed by atoms with E-state index in [1.807, 2.05) is 13.0 Å². The van der Waals surface area contributed by atoms with Gasteiger partial charge in [0.15, 0.2) is 0 Å². The first-order valence-electron chi connectivity index (χ1n) is 8.88. The van der Waals surface area contributed by atoms with E-state index in [9.17, 15) is 13.2 Å². The molecular formula is C18H28N2O4S. The predicted octanol–water partition coefficient (Wildman–Crippen LogP) is 2.28. The van der Waals surface area contributed by atoms with Gasteiger partial charge in [-0.15, -0.1) is 0 Å². The number of nitrogens with zero attached hydrogens (tertiary/aromatic N) is 2. The molecule has 0 saturated carbocycles. The Hall–Kier alpha value is -1.60. The molecule has 1 aliphatic heterocycles. The van der Waals surface area contributed by atoms with E-state index >= 15 is 0 Å². The summed E-state index contributed by atoms with van der Waals surface area (Å²) in [5.41, 5.74) is 0.952. The van der Waals surface area contributed by atoms with Crippen LogP contribution >= 0.6 is 0 Å². The number of piperazine rings is 1. The molecule has 25 heavy (non-hydrogen) atoms. The highest BCUT2D eigenvalue weighted by atomic mass is 32.2. The number of aryl methyl sites for hydroxylation is 1. The Bertz CT molecular complexity index is 695. The van der Waals surface area contributed by atoms with E-state index in [0.29, 0.717) is 38.3 Å². The van der Waals surface area contributed by atoms with Crippen molar-refractivity contribution < 1.29 is 17.9 Å². The Kier molecular flexibility index (Phi) is 6.84. The van der Waals surface area contributed by atoms with Gasteiger partial charge < -0.3 is 9.64 Å². The van der Waals surface area contributed by atoms with Gasteiger partial charge in [-0.1, -0.05) is 26.3 Å². The van der Waals surface area contributed by atoms with Crippen LogP contribution in [0.5, 0.6) is 5.75 Å². The fourth-order valence-electron chi connectivity index (χ4n) is 2.95. The molecule has 2 rings (SSSR count).